The van der Waals surface area contributed by atoms with E-state index in [4.69, 9.17) is 4.74 Å². The summed E-state index contributed by atoms with van der Waals surface area (Å²) in [5.41, 5.74) is 1.60. The molecule has 1 spiro atoms. The van der Waals surface area contributed by atoms with Crippen LogP contribution in [0.15, 0.2) is 66.7 Å². The van der Waals surface area contributed by atoms with Gasteiger partial charge in [0.2, 0.25) is 5.91 Å². The highest BCUT2D eigenvalue weighted by Gasteiger charge is 2.54. The summed E-state index contributed by atoms with van der Waals surface area (Å²) in [5, 5.41) is 0. The number of anilines is 1. The maximum Gasteiger partial charge on any atom is 0.250 e. The zero-order valence-corrected chi connectivity index (χ0v) is 19.8. The van der Waals surface area contributed by atoms with Gasteiger partial charge in [-0.05, 0) is 54.8 Å². The van der Waals surface area contributed by atoms with Crippen molar-refractivity contribution in [3.8, 4) is 10.4 Å². The lowest BCUT2D eigenvalue weighted by molar-refractivity contribution is -0.133. The van der Waals surface area contributed by atoms with E-state index >= 15 is 0 Å². The van der Waals surface area contributed by atoms with Gasteiger partial charge in [0.05, 0.1) is 25.9 Å². The lowest BCUT2D eigenvalue weighted by atomic mass is 9.85. The predicted molar refractivity (Wildman–Crippen MR) is 132 cm³/mol. The van der Waals surface area contributed by atoms with E-state index in [-0.39, 0.29) is 17.8 Å². The molecule has 5 nitrogen and oxygen atoms in total. The van der Waals surface area contributed by atoms with Gasteiger partial charge in [0.1, 0.15) is 11.4 Å². The molecule has 3 aromatic rings. The van der Waals surface area contributed by atoms with Crippen molar-refractivity contribution in [3.63, 3.8) is 0 Å². The largest absolute Gasteiger partial charge is 0.371 e. The van der Waals surface area contributed by atoms with Crippen molar-refractivity contribution in [1.82, 2.24) is 9.80 Å². The highest BCUT2D eigenvalue weighted by Crippen LogP contribution is 2.40. The highest BCUT2D eigenvalue weighted by atomic mass is 32.1. The number of hydrogen-bond acceptors (Lipinski definition) is 5. The molecule has 176 valence electrons. The molecule has 0 aliphatic carbocycles. The average molecular weight is 478 g/mol. The van der Waals surface area contributed by atoms with Crippen LogP contribution in [0.1, 0.15) is 17.7 Å². The van der Waals surface area contributed by atoms with Crippen LogP contribution in [0.5, 0.6) is 0 Å². The fraction of sp³-hybridized carbons (Fsp3) is 0.370. The summed E-state index contributed by atoms with van der Waals surface area (Å²) in [6.45, 7) is 4.52. The van der Waals surface area contributed by atoms with Crippen LogP contribution in [0.25, 0.3) is 10.4 Å². The molecule has 0 N–H and O–H groups in total. The number of carbonyl (C=O) groups is 1. The van der Waals surface area contributed by atoms with Crippen LogP contribution in [0, 0.1) is 5.82 Å². The molecule has 3 aliphatic rings. The topological polar surface area (TPSA) is 39.3 Å². The minimum Gasteiger partial charge on any atom is -0.371 e. The maximum absolute atomic E-state index is 13.7. The number of hydrogen-bond donors (Lipinski definition) is 0. The van der Waals surface area contributed by atoms with Gasteiger partial charge in [0.25, 0.3) is 0 Å². The predicted octanol–water partition coefficient (Wildman–Crippen LogP) is 4.59. The van der Waals surface area contributed by atoms with E-state index in [0.29, 0.717) is 13.2 Å². The third-order valence-electron chi connectivity index (χ3n) is 7.26. The van der Waals surface area contributed by atoms with Crippen LogP contribution in [0.4, 0.5) is 10.1 Å². The molecule has 4 heterocycles. The standard InChI is InChI=1S/C27H28FN3O2S/c28-21-6-8-22(9-7-21)31-19-30(16-23-18-33-23)26(32)27(31)12-14-29(15-13-27)17-24-10-11-25(34-24)20-4-2-1-3-5-20/h1-11,23H,12-19H2/t23-/m1/s1. The summed E-state index contributed by atoms with van der Waals surface area (Å²) in [6, 6.07) is 21.5. The number of piperidine rings is 1. The van der Waals surface area contributed by atoms with Crippen LogP contribution in [-0.2, 0) is 16.1 Å². The average Bonchev–Trinajstić information content (AvgIpc) is 3.51. The second-order valence-electron chi connectivity index (χ2n) is 9.47. The monoisotopic (exact) mass is 477 g/mol. The van der Waals surface area contributed by atoms with E-state index in [2.05, 4.69) is 46.2 Å². The Hall–Kier alpha value is -2.74. The maximum atomic E-state index is 13.7. The molecule has 3 saturated heterocycles. The van der Waals surface area contributed by atoms with Crippen molar-refractivity contribution >= 4 is 22.9 Å². The van der Waals surface area contributed by atoms with E-state index in [9.17, 15) is 9.18 Å². The molecule has 3 aliphatic heterocycles. The van der Waals surface area contributed by atoms with Crippen molar-refractivity contribution in [3.05, 3.63) is 77.4 Å². The Morgan fingerprint density at radius 2 is 1.74 bits per heavy atom. The van der Waals surface area contributed by atoms with Gasteiger partial charge in [0, 0.05) is 35.1 Å². The molecule has 0 unspecified atom stereocenters. The number of halogens is 1. The zero-order chi connectivity index (χ0) is 23.1. The molecular weight excluding hydrogens is 449 g/mol. The summed E-state index contributed by atoms with van der Waals surface area (Å²) in [4.78, 5) is 22.9. The first-order valence-electron chi connectivity index (χ1n) is 11.9. The third kappa shape index (κ3) is 4.13. The summed E-state index contributed by atoms with van der Waals surface area (Å²) >= 11 is 1.84. The number of thiophene rings is 1. The van der Waals surface area contributed by atoms with E-state index < -0.39 is 5.54 Å². The Morgan fingerprint density at radius 1 is 1.00 bits per heavy atom. The van der Waals surface area contributed by atoms with Crippen molar-refractivity contribution in [1.29, 1.82) is 0 Å². The number of epoxide rings is 1. The molecule has 2 aromatic carbocycles. The van der Waals surface area contributed by atoms with Crippen LogP contribution in [0.3, 0.4) is 0 Å². The zero-order valence-electron chi connectivity index (χ0n) is 19.0. The molecule has 1 aromatic heterocycles. The number of benzene rings is 2. The number of likely N-dealkylation sites (tertiary alicyclic amines) is 1. The molecule has 1 atom stereocenters. The fourth-order valence-electron chi connectivity index (χ4n) is 5.30. The normalized spacial score (nSPS) is 22.0. The van der Waals surface area contributed by atoms with Gasteiger partial charge in [-0.15, -0.1) is 11.3 Å². The number of ether oxygens (including phenoxy) is 1. The molecule has 7 heteroatoms. The number of amides is 1. The van der Waals surface area contributed by atoms with Crippen molar-refractivity contribution in [2.75, 3.05) is 37.8 Å². The molecular formula is C27H28FN3O2S. The SMILES string of the molecule is O=C1N(C[C@@H]2CO2)CN(c2ccc(F)cc2)C12CCN(Cc1ccc(-c3ccccc3)s1)CC2. The van der Waals surface area contributed by atoms with E-state index in [1.165, 1.54) is 27.5 Å². The second kappa shape index (κ2) is 8.80. The first kappa shape index (κ1) is 21.8. The Morgan fingerprint density at radius 3 is 2.44 bits per heavy atom. The molecule has 3 fully saturated rings. The van der Waals surface area contributed by atoms with Crippen molar-refractivity contribution in [2.45, 2.75) is 31.0 Å². The van der Waals surface area contributed by atoms with E-state index in [1.807, 2.05) is 22.3 Å². The second-order valence-corrected chi connectivity index (χ2v) is 10.6. The minimum atomic E-state index is -0.562. The van der Waals surface area contributed by atoms with Gasteiger partial charge in [-0.3, -0.25) is 9.69 Å². The summed E-state index contributed by atoms with van der Waals surface area (Å²) in [7, 11) is 0. The molecule has 34 heavy (non-hydrogen) atoms. The van der Waals surface area contributed by atoms with Crippen LogP contribution >= 0.6 is 11.3 Å². The number of rotatable bonds is 6. The Bertz CT molecular complexity index is 1150. The Labute approximate surface area is 203 Å². The van der Waals surface area contributed by atoms with Crippen LogP contribution in [-0.4, -0.2) is 60.3 Å². The number of carbonyl (C=O) groups excluding carboxylic acids is 1. The van der Waals surface area contributed by atoms with Crippen LogP contribution < -0.4 is 4.90 Å². The fourth-order valence-corrected chi connectivity index (χ4v) is 6.35. The third-order valence-corrected chi connectivity index (χ3v) is 8.38. The van der Waals surface area contributed by atoms with Gasteiger partial charge in [-0.2, -0.15) is 0 Å². The molecule has 1 amide bonds. The van der Waals surface area contributed by atoms with Gasteiger partial charge in [0.15, 0.2) is 0 Å². The summed E-state index contributed by atoms with van der Waals surface area (Å²) in [6.07, 6.45) is 1.69. The van der Waals surface area contributed by atoms with Gasteiger partial charge < -0.3 is 14.5 Å². The Balaban J connectivity index is 1.17. The van der Waals surface area contributed by atoms with Crippen molar-refractivity contribution in [2.24, 2.45) is 0 Å². The highest BCUT2D eigenvalue weighted by molar-refractivity contribution is 7.15. The minimum absolute atomic E-state index is 0.159. The molecule has 0 saturated carbocycles. The quantitative estimate of drug-likeness (QED) is 0.487. The van der Waals surface area contributed by atoms with Gasteiger partial charge in [-0.1, -0.05) is 30.3 Å². The Kier molecular flexibility index (Phi) is 5.63. The lowest BCUT2D eigenvalue weighted by Crippen LogP contribution is -2.56. The van der Waals surface area contributed by atoms with E-state index in [0.717, 1.165) is 44.8 Å². The van der Waals surface area contributed by atoms with E-state index in [1.54, 1.807) is 12.1 Å². The first-order valence-corrected chi connectivity index (χ1v) is 12.7. The molecule has 6 rings (SSSR count). The van der Waals surface area contributed by atoms with Gasteiger partial charge in [-0.25, -0.2) is 4.39 Å². The van der Waals surface area contributed by atoms with Crippen molar-refractivity contribution < 1.29 is 13.9 Å². The first-order chi connectivity index (χ1) is 16.6. The number of nitrogens with zero attached hydrogens (tertiary/aromatic N) is 3. The van der Waals surface area contributed by atoms with Gasteiger partial charge >= 0.3 is 0 Å². The molecule has 0 bridgehead atoms. The molecule has 0 radical (unpaired) electrons. The smallest absolute Gasteiger partial charge is 0.250 e. The summed E-state index contributed by atoms with van der Waals surface area (Å²) in [5.74, 6) is -0.0679. The lowest BCUT2D eigenvalue weighted by Gasteiger charge is -2.43. The van der Waals surface area contributed by atoms with Crippen LogP contribution in [0.2, 0.25) is 0 Å². The summed E-state index contributed by atoms with van der Waals surface area (Å²) < 4.78 is 19.0.